The number of carbonyl (C=O) groups is 2. The number of benzene rings is 1. The van der Waals surface area contributed by atoms with Crippen LogP contribution in [-0.4, -0.2) is 11.9 Å². The highest BCUT2D eigenvalue weighted by molar-refractivity contribution is 5.82. The molecule has 4 heteroatoms. The predicted molar refractivity (Wildman–Crippen MR) is 68.4 cm³/mol. The van der Waals surface area contributed by atoms with Gasteiger partial charge in [-0.3, -0.25) is 9.59 Å². The van der Waals surface area contributed by atoms with Gasteiger partial charge in [-0.25, -0.2) is 0 Å². The normalized spacial score (nSPS) is 12.2. The molecule has 0 aromatic heterocycles. The lowest BCUT2D eigenvalue weighted by Crippen LogP contribution is -2.30. The molecule has 1 aromatic carbocycles. The van der Waals surface area contributed by atoms with Crippen molar-refractivity contribution in [3.8, 4) is 0 Å². The van der Waals surface area contributed by atoms with E-state index < -0.39 is 17.8 Å². The number of primary amides is 1. The van der Waals surface area contributed by atoms with E-state index in [0.29, 0.717) is 0 Å². The van der Waals surface area contributed by atoms with Gasteiger partial charge in [0.15, 0.2) is 0 Å². The predicted octanol–water partition coefficient (Wildman–Crippen LogP) is 1.88. The van der Waals surface area contributed by atoms with Gasteiger partial charge in [-0.2, -0.15) is 0 Å². The molecule has 2 N–H and O–H groups in total. The molecule has 0 aliphatic heterocycles. The van der Waals surface area contributed by atoms with Gasteiger partial charge in [-0.1, -0.05) is 44.2 Å². The van der Waals surface area contributed by atoms with Crippen molar-refractivity contribution < 1.29 is 14.3 Å². The average Bonchev–Trinajstić information content (AvgIpc) is 2.34. The van der Waals surface area contributed by atoms with Gasteiger partial charge in [0.2, 0.25) is 5.91 Å². The van der Waals surface area contributed by atoms with E-state index in [2.05, 4.69) is 0 Å². The summed E-state index contributed by atoms with van der Waals surface area (Å²) < 4.78 is 5.11. The van der Waals surface area contributed by atoms with Crippen LogP contribution < -0.4 is 5.73 Å². The highest BCUT2D eigenvalue weighted by Gasteiger charge is 2.23. The Morgan fingerprint density at radius 2 is 1.83 bits per heavy atom. The van der Waals surface area contributed by atoms with Crippen molar-refractivity contribution in [3.63, 3.8) is 0 Å². The van der Waals surface area contributed by atoms with Gasteiger partial charge in [-0.15, -0.1) is 0 Å². The lowest BCUT2D eigenvalue weighted by atomic mass is 9.92. The number of hydrogen-bond acceptors (Lipinski definition) is 3. The first kappa shape index (κ1) is 14.2. The van der Waals surface area contributed by atoms with Crippen molar-refractivity contribution in [1.29, 1.82) is 0 Å². The summed E-state index contributed by atoms with van der Waals surface area (Å²) in [5, 5.41) is 0. The maximum atomic E-state index is 11.6. The molecule has 4 nitrogen and oxygen atoms in total. The Labute approximate surface area is 107 Å². The van der Waals surface area contributed by atoms with E-state index >= 15 is 0 Å². The Balaban J connectivity index is 2.44. The van der Waals surface area contributed by atoms with E-state index in [-0.39, 0.29) is 18.9 Å². The number of ether oxygens (including phenoxy) is 1. The van der Waals surface area contributed by atoms with Crippen LogP contribution in [0.3, 0.4) is 0 Å². The number of carbonyl (C=O) groups excluding carboxylic acids is 2. The van der Waals surface area contributed by atoms with Crippen LogP contribution in [0.15, 0.2) is 30.3 Å². The second-order valence-electron chi connectivity index (χ2n) is 4.60. The summed E-state index contributed by atoms with van der Waals surface area (Å²) in [5.41, 5.74) is 6.17. The fraction of sp³-hybridized carbons (Fsp3) is 0.429. The van der Waals surface area contributed by atoms with Crippen LogP contribution >= 0.6 is 0 Å². The van der Waals surface area contributed by atoms with Gasteiger partial charge in [0.25, 0.3) is 0 Å². The summed E-state index contributed by atoms with van der Waals surface area (Å²) in [6.45, 7) is 3.95. The van der Waals surface area contributed by atoms with Gasteiger partial charge in [0.05, 0.1) is 12.3 Å². The Morgan fingerprint density at radius 1 is 1.22 bits per heavy atom. The maximum Gasteiger partial charge on any atom is 0.306 e. The third-order valence-corrected chi connectivity index (χ3v) is 2.80. The number of rotatable bonds is 6. The first-order valence-corrected chi connectivity index (χ1v) is 5.99. The molecule has 0 radical (unpaired) electrons. The quantitative estimate of drug-likeness (QED) is 0.782. The van der Waals surface area contributed by atoms with Gasteiger partial charge >= 0.3 is 5.97 Å². The zero-order valence-electron chi connectivity index (χ0n) is 10.8. The monoisotopic (exact) mass is 249 g/mol. The molecule has 0 fully saturated rings. The standard InChI is InChI=1S/C14H19NO3/c1-10(2)12(14(15)17)8-13(16)18-9-11-6-4-3-5-7-11/h3-7,10,12H,8-9H2,1-2H3,(H2,15,17)/t12-/m0/s1. The van der Waals surface area contributed by atoms with Gasteiger partial charge < -0.3 is 10.5 Å². The molecule has 1 rings (SSSR count). The van der Waals surface area contributed by atoms with Gasteiger partial charge in [0.1, 0.15) is 6.61 Å². The summed E-state index contributed by atoms with van der Waals surface area (Å²) in [7, 11) is 0. The summed E-state index contributed by atoms with van der Waals surface area (Å²) in [5.74, 6) is -1.28. The lowest BCUT2D eigenvalue weighted by molar-refractivity contribution is -0.148. The van der Waals surface area contributed by atoms with Crippen molar-refractivity contribution in [1.82, 2.24) is 0 Å². The van der Waals surface area contributed by atoms with Crippen molar-refractivity contribution in [3.05, 3.63) is 35.9 Å². The molecule has 98 valence electrons. The zero-order chi connectivity index (χ0) is 13.5. The molecule has 0 saturated carbocycles. The van der Waals surface area contributed by atoms with Crippen molar-refractivity contribution in [2.75, 3.05) is 0 Å². The molecule has 0 heterocycles. The van der Waals surface area contributed by atoms with Crippen LogP contribution in [0.4, 0.5) is 0 Å². The second kappa shape index (κ2) is 6.79. The van der Waals surface area contributed by atoms with E-state index in [9.17, 15) is 9.59 Å². The third kappa shape index (κ3) is 4.57. The molecular weight excluding hydrogens is 230 g/mol. The number of esters is 1. The highest BCUT2D eigenvalue weighted by atomic mass is 16.5. The minimum Gasteiger partial charge on any atom is -0.461 e. The lowest BCUT2D eigenvalue weighted by Gasteiger charge is -2.16. The third-order valence-electron chi connectivity index (χ3n) is 2.80. The summed E-state index contributed by atoms with van der Waals surface area (Å²) in [6, 6.07) is 9.41. The number of hydrogen-bond donors (Lipinski definition) is 1. The first-order chi connectivity index (χ1) is 8.50. The molecule has 0 aliphatic carbocycles. The topological polar surface area (TPSA) is 69.4 Å². The SMILES string of the molecule is CC(C)[C@H](CC(=O)OCc1ccccc1)C(N)=O. The van der Waals surface area contributed by atoms with Crippen molar-refractivity contribution >= 4 is 11.9 Å². The molecule has 1 aromatic rings. The van der Waals surface area contributed by atoms with Crippen molar-refractivity contribution in [2.24, 2.45) is 17.6 Å². The molecule has 0 bridgehead atoms. The molecule has 0 spiro atoms. The Bertz CT molecular complexity index is 401. The maximum absolute atomic E-state index is 11.6. The minimum atomic E-state index is -0.465. The fourth-order valence-electron chi connectivity index (χ4n) is 1.64. The first-order valence-electron chi connectivity index (χ1n) is 5.99. The highest BCUT2D eigenvalue weighted by Crippen LogP contribution is 2.15. The van der Waals surface area contributed by atoms with Gasteiger partial charge in [0, 0.05) is 0 Å². The minimum absolute atomic E-state index is 0.0341. The fourth-order valence-corrected chi connectivity index (χ4v) is 1.64. The van der Waals surface area contributed by atoms with Crippen LogP contribution in [0.1, 0.15) is 25.8 Å². The molecule has 0 aliphatic rings. The molecule has 1 amide bonds. The second-order valence-corrected chi connectivity index (χ2v) is 4.60. The zero-order valence-corrected chi connectivity index (χ0v) is 10.8. The summed E-state index contributed by atoms with van der Waals surface area (Å²) in [4.78, 5) is 22.8. The Hall–Kier alpha value is -1.84. The van der Waals surface area contributed by atoms with E-state index in [4.69, 9.17) is 10.5 Å². The average molecular weight is 249 g/mol. The molecule has 1 atom stereocenters. The summed E-state index contributed by atoms with van der Waals surface area (Å²) >= 11 is 0. The van der Waals surface area contributed by atoms with Crippen LogP contribution in [0.5, 0.6) is 0 Å². The van der Waals surface area contributed by atoms with E-state index in [1.165, 1.54) is 0 Å². The van der Waals surface area contributed by atoms with Gasteiger partial charge in [-0.05, 0) is 11.5 Å². The number of nitrogens with two attached hydrogens (primary N) is 1. The van der Waals surface area contributed by atoms with E-state index in [1.54, 1.807) is 0 Å². The smallest absolute Gasteiger partial charge is 0.306 e. The van der Waals surface area contributed by atoms with E-state index in [0.717, 1.165) is 5.56 Å². The van der Waals surface area contributed by atoms with Crippen LogP contribution in [0.25, 0.3) is 0 Å². The van der Waals surface area contributed by atoms with Crippen LogP contribution in [-0.2, 0) is 20.9 Å². The van der Waals surface area contributed by atoms with Crippen molar-refractivity contribution in [2.45, 2.75) is 26.9 Å². The molecule has 0 unspecified atom stereocenters. The number of amides is 1. The Morgan fingerprint density at radius 3 is 2.33 bits per heavy atom. The van der Waals surface area contributed by atoms with E-state index in [1.807, 2.05) is 44.2 Å². The van der Waals surface area contributed by atoms with Crippen LogP contribution in [0.2, 0.25) is 0 Å². The van der Waals surface area contributed by atoms with Crippen LogP contribution in [0, 0.1) is 11.8 Å². The molecule has 18 heavy (non-hydrogen) atoms. The molecule has 0 saturated heterocycles. The largest absolute Gasteiger partial charge is 0.461 e. The Kier molecular flexibility index (Phi) is 5.36. The molecular formula is C14H19NO3. The summed E-state index contributed by atoms with van der Waals surface area (Å²) in [6.07, 6.45) is 0.0415.